The van der Waals surface area contributed by atoms with E-state index in [0.29, 0.717) is 87.4 Å². The SMILES string of the molecule is S.S.S.S.[2H]C([2H])=C([2H])C(=O)N1CCN(c2nc(OC[C@@H]3CCCN3C)nc3c2CCN(c2cccc4cccc(Cl)c24)C3)C[C@@H]1C[N+]#[C-].[2H]OC(=O)C([2H])=C([2H])[2H].[C-]#[N+]C[C@@H]1CCCN(c2nc(OC[C@@H]3CCCN3C)nc3c2CCN(c2cccc4cccc(Cl)c24)C3)C1. The molecular formula is C65H83Cl2N13O5S4. The summed E-state index contributed by atoms with van der Waals surface area (Å²) in [5, 5.41) is 9.10. The van der Waals surface area contributed by atoms with E-state index in [1.807, 2.05) is 30.3 Å². The number of hydrogen-bond acceptors (Lipinski definition) is 15. The second-order valence-corrected chi connectivity index (χ2v) is 23.3. The number of anilines is 4. The van der Waals surface area contributed by atoms with Crippen molar-refractivity contribution in [3.63, 3.8) is 0 Å². The van der Waals surface area contributed by atoms with E-state index >= 15 is 0 Å². The molecule has 0 unspecified atom stereocenters. The van der Waals surface area contributed by atoms with Gasteiger partial charge in [0.2, 0.25) is 19.0 Å². The molecule has 6 aliphatic heterocycles. The fourth-order valence-corrected chi connectivity index (χ4v) is 13.4. The number of piperidine rings is 1. The lowest BCUT2D eigenvalue weighted by molar-refractivity contribution is -0.131. The normalized spacial score (nSPS) is 20.5. The van der Waals surface area contributed by atoms with Crippen LogP contribution in [0.3, 0.4) is 0 Å². The Morgan fingerprint density at radius 3 is 1.60 bits per heavy atom. The molecule has 0 aliphatic carbocycles. The van der Waals surface area contributed by atoms with Crippen LogP contribution in [0.5, 0.6) is 12.0 Å². The van der Waals surface area contributed by atoms with Crippen molar-refractivity contribution in [3.05, 3.63) is 153 Å². The van der Waals surface area contributed by atoms with Gasteiger partial charge in [0, 0.05) is 103 Å². The third kappa shape index (κ3) is 17.0. The zero-order valence-corrected chi connectivity index (χ0v) is 55.6. The summed E-state index contributed by atoms with van der Waals surface area (Å²) in [7, 11) is 4.27. The van der Waals surface area contributed by atoms with Crippen LogP contribution in [0.25, 0.3) is 32.7 Å². The van der Waals surface area contributed by atoms with E-state index in [-0.39, 0.29) is 67.1 Å². The molecule has 0 saturated carbocycles. The largest absolute Gasteiger partial charge is 0.478 e. The molecule has 1 amide bonds. The minimum absolute atomic E-state index is 0. The third-order valence-electron chi connectivity index (χ3n) is 17.3. The van der Waals surface area contributed by atoms with Crippen molar-refractivity contribution in [2.24, 2.45) is 5.92 Å². The van der Waals surface area contributed by atoms with Gasteiger partial charge < -0.3 is 58.6 Å². The number of carbonyl (C=O) groups excluding carboxylic acids is 1. The molecule has 0 bridgehead atoms. The minimum atomic E-state index is -1.28. The molecular weight excluding hydrogens is 1240 g/mol. The number of benzene rings is 4. The minimum Gasteiger partial charge on any atom is -0.478 e. The average Bonchev–Trinajstić information content (AvgIpc) is 0.810. The van der Waals surface area contributed by atoms with Gasteiger partial charge in [-0.1, -0.05) is 84.8 Å². The average molecular weight is 1330 g/mol. The number of ether oxygens (including phenoxy) is 2. The van der Waals surface area contributed by atoms with Gasteiger partial charge in [0.1, 0.15) is 30.9 Å². The Labute approximate surface area is 571 Å². The predicted molar refractivity (Wildman–Crippen MR) is 379 cm³/mol. The molecule has 18 nitrogen and oxygen atoms in total. The number of likely N-dealkylation sites (N-methyl/N-ethyl adjacent to an activating group) is 2. The van der Waals surface area contributed by atoms with Crippen LogP contribution >= 0.6 is 77.2 Å². The Kier molecular flexibility index (Phi) is 23.3. The quantitative estimate of drug-likeness (QED) is 0.0811. The summed E-state index contributed by atoms with van der Waals surface area (Å²) in [5.41, 5.74) is 6.34. The lowest BCUT2D eigenvalue weighted by Crippen LogP contribution is -2.56. The highest BCUT2D eigenvalue weighted by Gasteiger charge is 2.36. The van der Waals surface area contributed by atoms with Gasteiger partial charge in [-0.3, -0.25) is 4.79 Å². The summed E-state index contributed by atoms with van der Waals surface area (Å²) in [5.74, 6) is 0.171. The molecule has 6 aliphatic rings. The molecule has 476 valence electrons. The topological polar surface area (TPSA) is 156 Å². The van der Waals surface area contributed by atoms with E-state index in [1.54, 1.807) is 0 Å². The van der Waals surface area contributed by atoms with E-state index in [0.717, 1.165) is 144 Å². The van der Waals surface area contributed by atoms with Gasteiger partial charge >= 0.3 is 18.0 Å². The number of nitrogens with zero attached hydrogens (tertiary/aromatic N) is 13. The molecule has 8 heterocycles. The van der Waals surface area contributed by atoms with E-state index in [4.69, 9.17) is 75.4 Å². The van der Waals surface area contributed by atoms with Crippen molar-refractivity contribution in [1.29, 1.82) is 1.43 Å². The summed E-state index contributed by atoms with van der Waals surface area (Å²) in [6, 6.07) is 24.0. The van der Waals surface area contributed by atoms with Crippen LogP contribution in [-0.2, 0) is 35.5 Å². The highest BCUT2D eigenvalue weighted by Crippen LogP contribution is 2.40. The molecule has 4 atom stereocenters. The number of carboxylic acids is 1. The maximum absolute atomic E-state index is 12.9. The number of halogens is 2. The van der Waals surface area contributed by atoms with E-state index < -0.39 is 43.1 Å². The lowest BCUT2D eigenvalue weighted by Gasteiger charge is -2.41. The van der Waals surface area contributed by atoms with Crippen molar-refractivity contribution < 1.29 is 32.4 Å². The first-order valence-electron chi connectivity index (χ1n) is 32.6. The summed E-state index contributed by atoms with van der Waals surface area (Å²) in [6.45, 7) is 22.7. The second-order valence-electron chi connectivity index (χ2n) is 22.5. The van der Waals surface area contributed by atoms with Crippen molar-refractivity contribution >= 4 is 134 Å². The Balaban J connectivity index is 0.000000262. The molecule has 24 heteroatoms. The van der Waals surface area contributed by atoms with Crippen molar-refractivity contribution in [3.8, 4) is 12.0 Å². The van der Waals surface area contributed by atoms with Gasteiger partial charge in [-0.2, -0.15) is 73.9 Å². The number of likely N-dealkylation sites (tertiary alicyclic amines) is 2. The van der Waals surface area contributed by atoms with E-state index in [1.165, 1.54) is 16.9 Å². The first-order chi connectivity index (χ1) is 44.4. The number of aliphatic carboxylic acids is 1. The number of piperazine rings is 1. The van der Waals surface area contributed by atoms with Crippen molar-refractivity contribution in [2.45, 2.75) is 82.6 Å². The van der Waals surface area contributed by atoms with Gasteiger partial charge in [0.15, 0.2) is 0 Å². The standard InChI is InChI=1S/C32H36ClN7O2.C30H35ClN6O.C3H4O2.4H2S/c1-4-29(41)40-17-16-39(19-24(40)18-34-2)31-25-13-15-38(28-12-6-9-22-8-5-11-26(33)30(22)28)20-27(25)35-32(36-31)42-21-23-10-7-14-37(23)3;1-32-17-21-7-5-15-37(18-21)29-24-13-16-36(27-12-4-9-22-8-3-11-25(31)28(22)27)19-26(24)33-30(34-29)38-20-23-10-6-14-35(23)2;1-2-3(4)5;;;;/h4-6,8-9,11-12,23-24H,1,7,10,13-21H2,3H3;3-4,8-9,11-12,21,23H,5-7,10,13-20H2,2H3;2H,1H2,(H,4,5);4*1H2/t23-,24-;21-,23-;;;;;/m00...../s1/i1D2,4D;;1D2,2D;;;;/hD. The number of amides is 1. The number of carbonyl (C=O) groups is 2. The summed E-state index contributed by atoms with van der Waals surface area (Å²) in [6.07, 6.45) is 8.29. The van der Waals surface area contributed by atoms with Gasteiger partial charge in [-0.25, -0.2) is 17.9 Å². The number of rotatable bonds is 14. The maximum Gasteiger partial charge on any atom is 0.327 e. The maximum atomic E-state index is 12.9. The molecule has 1 N–H and O–H groups in total. The fraction of sp³-hybridized carbons (Fsp3) is 0.446. The van der Waals surface area contributed by atoms with E-state index in [9.17, 15) is 9.59 Å². The highest BCUT2D eigenvalue weighted by atomic mass is 35.5. The Bertz CT molecular complexity index is 3850. The van der Waals surface area contributed by atoms with Gasteiger partial charge in [0.05, 0.1) is 42.7 Å². The van der Waals surface area contributed by atoms with Crippen LogP contribution in [-0.4, -0.2) is 169 Å². The van der Waals surface area contributed by atoms with Gasteiger partial charge in [0.25, 0.3) is 1.43 Å². The number of carboxylic acid groups (broad SMARTS) is 1. The molecule has 0 spiro atoms. The number of aromatic nitrogens is 4. The monoisotopic (exact) mass is 1330 g/mol. The number of hydrogen-bond donors (Lipinski definition) is 1. The summed E-state index contributed by atoms with van der Waals surface area (Å²) >= 11 is 13.4. The van der Waals surface area contributed by atoms with Gasteiger partial charge in [-0.05, 0) is 120 Å². The van der Waals surface area contributed by atoms with Crippen molar-refractivity contribution in [1.82, 2.24) is 34.6 Å². The fourth-order valence-electron chi connectivity index (χ4n) is 12.8. The molecule has 6 aromatic rings. The van der Waals surface area contributed by atoms with Crippen LogP contribution in [0.15, 0.2) is 98.0 Å². The first-order valence-corrected chi connectivity index (χ1v) is 29.9. The molecule has 12 rings (SSSR count). The zero-order chi connectivity index (χ0) is 65.2. The smallest absolute Gasteiger partial charge is 0.327 e. The zero-order valence-electron chi connectivity index (χ0n) is 57.1. The van der Waals surface area contributed by atoms with Crippen LogP contribution < -0.4 is 29.1 Å². The molecule has 89 heavy (non-hydrogen) atoms. The highest BCUT2D eigenvalue weighted by molar-refractivity contribution is 7.59. The van der Waals surface area contributed by atoms with Crippen LogP contribution in [0, 0.1) is 19.1 Å². The third-order valence-corrected chi connectivity index (χ3v) is 17.9. The first kappa shape index (κ1) is 61.5. The van der Waals surface area contributed by atoms with Crippen molar-refractivity contribution in [2.75, 3.05) is 119 Å². The molecule has 2 aromatic heterocycles. The lowest BCUT2D eigenvalue weighted by atomic mass is 9.96. The van der Waals surface area contributed by atoms with E-state index in [2.05, 4.69) is 101 Å². The number of fused-ring (bicyclic) bond motifs is 4. The Morgan fingerprint density at radius 1 is 0.640 bits per heavy atom. The summed E-state index contributed by atoms with van der Waals surface area (Å²) in [4.78, 5) is 65.4. The molecule has 0 radical (unpaired) electrons. The summed E-state index contributed by atoms with van der Waals surface area (Å²) < 4.78 is 60.6. The van der Waals surface area contributed by atoms with Gasteiger partial charge in [-0.15, -0.1) is 0 Å². The Hall–Kier alpha value is -6.34. The van der Waals surface area contributed by atoms with Crippen LogP contribution in [0.1, 0.15) is 69.3 Å². The molecule has 4 saturated heterocycles. The second kappa shape index (κ2) is 33.6. The predicted octanol–water partition coefficient (Wildman–Crippen LogP) is 10.6. The molecule has 4 aromatic carbocycles. The van der Waals surface area contributed by atoms with Crippen LogP contribution in [0.4, 0.5) is 23.0 Å². The molecule has 4 fully saturated rings. The van der Waals surface area contributed by atoms with Crippen LogP contribution in [0.2, 0.25) is 10.0 Å². The Morgan fingerprint density at radius 2 is 1.13 bits per heavy atom.